The summed E-state index contributed by atoms with van der Waals surface area (Å²) in [6.45, 7) is 1.62. The third-order valence-corrected chi connectivity index (χ3v) is 3.78. The zero-order valence-corrected chi connectivity index (χ0v) is 15.4. The summed E-state index contributed by atoms with van der Waals surface area (Å²) in [5.41, 5.74) is 1.04. The van der Waals surface area contributed by atoms with Gasteiger partial charge in [0.25, 0.3) is 0 Å². The summed E-state index contributed by atoms with van der Waals surface area (Å²) >= 11 is 0. The summed E-state index contributed by atoms with van der Waals surface area (Å²) in [7, 11) is 3.02. The number of carbonyl (C=O) groups excluding carboxylic acids is 3. The Morgan fingerprint density at radius 3 is 2.59 bits per heavy atom. The minimum absolute atomic E-state index is 0.00382. The molecule has 2 amide bonds. The van der Waals surface area contributed by atoms with Crippen LogP contribution in [-0.2, 0) is 25.5 Å². The van der Waals surface area contributed by atoms with Gasteiger partial charge in [-0.15, -0.1) is 0 Å². The molecule has 1 aliphatic rings. The van der Waals surface area contributed by atoms with Crippen LogP contribution < -0.4 is 20.1 Å². The van der Waals surface area contributed by atoms with Crippen molar-refractivity contribution in [1.82, 2.24) is 10.6 Å². The van der Waals surface area contributed by atoms with E-state index >= 15 is 0 Å². The molecule has 0 atom stereocenters. The van der Waals surface area contributed by atoms with Crippen LogP contribution in [0.2, 0.25) is 0 Å². The summed E-state index contributed by atoms with van der Waals surface area (Å²) < 4.78 is 20.5. The van der Waals surface area contributed by atoms with E-state index in [0.717, 1.165) is 0 Å². The van der Waals surface area contributed by atoms with Crippen molar-refractivity contribution in [2.45, 2.75) is 13.3 Å². The number of benzene rings is 1. The van der Waals surface area contributed by atoms with E-state index in [-0.39, 0.29) is 37.4 Å². The van der Waals surface area contributed by atoms with Gasteiger partial charge in [-0.1, -0.05) is 6.07 Å². The Kier molecular flexibility index (Phi) is 7.04. The number of nitrogens with one attached hydrogen (secondary N) is 2. The number of hydrogen-bond acceptors (Lipinski definition) is 7. The van der Waals surface area contributed by atoms with Crippen molar-refractivity contribution in [3.8, 4) is 11.5 Å². The van der Waals surface area contributed by atoms with Crippen LogP contribution in [-0.4, -0.2) is 51.9 Å². The van der Waals surface area contributed by atoms with Gasteiger partial charge < -0.3 is 29.6 Å². The van der Waals surface area contributed by atoms with Crippen molar-refractivity contribution in [2.75, 3.05) is 34.0 Å². The minimum atomic E-state index is -0.576. The molecule has 1 heterocycles. The van der Waals surface area contributed by atoms with Gasteiger partial charge in [0.05, 0.1) is 45.1 Å². The highest BCUT2D eigenvalue weighted by Gasteiger charge is 2.24. The van der Waals surface area contributed by atoms with E-state index in [1.165, 1.54) is 14.2 Å². The molecule has 9 nitrogen and oxygen atoms in total. The van der Waals surface area contributed by atoms with Gasteiger partial charge in [0.15, 0.2) is 0 Å². The predicted molar refractivity (Wildman–Crippen MR) is 94.4 cm³/mol. The Balaban J connectivity index is 2.05. The van der Waals surface area contributed by atoms with Crippen LogP contribution in [0.1, 0.15) is 12.5 Å². The molecule has 0 radical (unpaired) electrons. The van der Waals surface area contributed by atoms with Crippen LogP contribution in [0.25, 0.3) is 0 Å². The number of esters is 2. The Morgan fingerprint density at radius 1 is 1.15 bits per heavy atom. The number of hydrogen-bond donors (Lipinski definition) is 2. The first kappa shape index (κ1) is 20.1. The van der Waals surface area contributed by atoms with Gasteiger partial charge >= 0.3 is 18.0 Å². The molecule has 2 rings (SSSR count). The number of methoxy groups -OCH3 is 2. The molecule has 0 fully saturated rings. The monoisotopic (exact) mass is 378 g/mol. The summed E-state index contributed by atoms with van der Waals surface area (Å²) in [6.07, 6.45) is -0.0403. The van der Waals surface area contributed by atoms with Crippen molar-refractivity contribution in [2.24, 2.45) is 0 Å². The van der Waals surface area contributed by atoms with Gasteiger partial charge in [-0.3, -0.25) is 4.79 Å². The van der Waals surface area contributed by atoms with Crippen molar-refractivity contribution in [1.29, 1.82) is 0 Å². The van der Waals surface area contributed by atoms with Gasteiger partial charge in [-0.2, -0.15) is 0 Å². The molecule has 146 valence electrons. The van der Waals surface area contributed by atoms with Crippen molar-refractivity contribution in [3.63, 3.8) is 0 Å². The minimum Gasteiger partial charge on any atom is -0.497 e. The fourth-order valence-corrected chi connectivity index (χ4v) is 2.43. The van der Waals surface area contributed by atoms with Crippen molar-refractivity contribution in [3.05, 3.63) is 35.0 Å². The average molecular weight is 378 g/mol. The van der Waals surface area contributed by atoms with Crippen LogP contribution in [0, 0.1) is 0 Å². The largest absolute Gasteiger partial charge is 0.497 e. The molecular formula is C18H22N2O7. The van der Waals surface area contributed by atoms with Gasteiger partial charge in [0.2, 0.25) is 0 Å². The second-order valence-electron chi connectivity index (χ2n) is 5.50. The maximum atomic E-state index is 12.2. The second-order valence-corrected chi connectivity index (χ2v) is 5.50. The van der Waals surface area contributed by atoms with Gasteiger partial charge in [0, 0.05) is 11.6 Å². The summed E-state index contributed by atoms with van der Waals surface area (Å²) in [5.74, 6) is -0.0200. The lowest BCUT2D eigenvalue weighted by molar-refractivity contribution is -0.143. The SMILES string of the molecule is CCOC(=O)C1=C(COC(=O)Cc2ccc(OC)cc2OC)NC(=O)NC1. The van der Waals surface area contributed by atoms with E-state index in [1.807, 2.05) is 0 Å². The summed E-state index contributed by atoms with van der Waals surface area (Å²) in [4.78, 5) is 35.6. The number of rotatable bonds is 8. The highest BCUT2D eigenvalue weighted by molar-refractivity contribution is 5.93. The Hall–Kier alpha value is -3.23. The van der Waals surface area contributed by atoms with E-state index in [9.17, 15) is 14.4 Å². The zero-order valence-electron chi connectivity index (χ0n) is 15.4. The molecule has 1 aromatic rings. The molecule has 0 aromatic heterocycles. The van der Waals surface area contributed by atoms with Crippen LogP contribution in [0.4, 0.5) is 4.79 Å². The third-order valence-electron chi connectivity index (χ3n) is 3.78. The van der Waals surface area contributed by atoms with Gasteiger partial charge in [-0.25, -0.2) is 9.59 Å². The lowest BCUT2D eigenvalue weighted by Crippen LogP contribution is -2.45. The van der Waals surface area contributed by atoms with Crippen molar-refractivity contribution >= 4 is 18.0 Å². The van der Waals surface area contributed by atoms with E-state index in [1.54, 1.807) is 25.1 Å². The lowest BCUT2D eigenvalue weighted by Gasteiger charge is -2.21. The molecule has 0 aliphatic carbocycles. The Morgan fingerprint density at radius 2 is 1.93 bits per heavy atom. The first-order chi connectivity index (χ1) is 13.0. The Labute approximate surface area is 156 Å². The van der Waals surface area contributed by atoms with Crippen LogP contribution in [0.3, 0.4) is 0 Å². The van der Waals surface area contributed by atoms with Crippen LogP contribution in [0.5, 0.6) is 11.5 Å². The van der Waals surface area contributed by atoms with Crippen LogP contribution >= 0.6 is 0 Å². The molecular weight excluding hydrogens is 356 g/mol. The first-order valence-corrected chi connectivity index (χ1v) is 8.29. The molecule has 27 heavy (non-hydrogen) atoms. The fourth-order valence-electron chi connectivity index (χ4n) is 2.43. The number of amides is 2. The van der Waals surface area contributed by atoms with E-state index < -0.39 is 18.0 Å². The third kappa shape index (κ3) is 5.37. The fraction of sp³-hybridized carbons (Fsp3) is 0.389. The quantitative estimate of drug-likeness (QED) is 0.647. The maximum Gasteiger partial charge on any atom is 0.337 e. The summed E-state index contributed by atoms with van der Waals surface area (Å²) in [6, 6.07) is 4.59. The molecule has 9 heteroatoms. The van der Waals surface area contributed by atoms with Gasteiger partial charge in [-0.05, 0) is 13.0 Å². The number of ether oxygens (including phenoxy) is 4. The maximum absolute atomic E-state index is 12.2. The smallest absolute Gasteiger partial charge is 0.337 e. The normalized spacial score (nSPS) is 13.4. The summed E-state index contributed by atoms with van der Waals surface area (Å²) in [5, 5.41) is 4.95. The zero-order chi connectivity index (χ0) is 19.8. The van der Waals surface area contributed by atoms with Crippen LogP contribution in [0.15, 0.2) is 29.5 Å². The van der Waals surface area contributed by atoms with E-state index in [4.69, 9.17) is 18.9 Å². The molecule has 0 bridgehead atoms. The lowest BCUT2D eigenvalue weighted by atomic mass is 10.1. The molecule has 1 aliphatic heterocycles. The predicted octanol–water partition coefficient (Wildman–Crippen LogP) is 0.919. The molecule has 0 saturated carbocycles. The topological polar surface area (TPSA) is 112 Å². The van der Waals surface area contributed by atoms with E-state index in [2.05, 4.69) is 10.6 Å². The molecule has 0 saturated heterocycles. The molecule has 2 N–H and O–H groups in total. The average Bonchev–Trinajstić information content (AvgIpc) is 2.66. The Bertz CT molecular complexity index is 758. The second kappa shape index (κ2) is 9.46. The van der Waals surface area contributed by atoms with Gasteiger partial charge in [0.1, 0.15) is 18.1 Å². The molecule has 1 aromatic carbocycles. The standard InChI is InChI=1S/C18H22N2O7/c1-4-26-17(22)13-9-19-18(23)20-14(13)10-27-16(21)7-11-5-6-12(24-2)8-15(11)25-3/h5-6,8H,4,7,9-10H2,1-3H3,(H2,19,20,23). The highest BCUT2D eigenvalue weighted by atomic mass is 16.5. The highest BCUT2D eigenvalue weighted by Crippen LogP contribution is 2.25. The van der Waals surface area contributed by atoms with Crippen molar-refractivity contribution < 1.29 is 33.3 Å². The molecule has 0 unspecified atom stereocenters. The number of urea groups is 1. The number of carbonyl (C=O) groups is 3. The first-order valence-electron chi connectivity index (χ1n) is 8.29. The molecule has 0 spiro atoms. The van der Waals surface area contributed by atoms with E-state index in [0.29, 0.717) is 17.1 Å².